The average Bonchev–Trinajstić information content (AvgIpc) is 2.76. The van der Waals surface area contributed by atoms with Gasteiger partial charge in [0.1, 0.15) is 0 Å². The second kappa shape index (κ2) is 8.09. The van der Waals surface area contributed by atoms with E-state index < -0.39 is 0 Å². The van der Waals surface area contributed by atoms with Gasteiger partial charge in [-0.3, -0.25) is 9.78 Å². The van der Waals surface area contributed by atoms with Crippen LogP contribution in [0.5, 0.6) is 0 Å². The maximum absolute atomic E-state index is 12.2. The molecule has 6 heteroatoms. The molecule has 0 aliphatic heterocycles. The summed E-state index contributed by atoms with van der Waals surface area (Å²) in [7, 11) is 0. The van der Waals surface area contributed by atoms with Crippen LogP contribution in [0.25, 0.3) is 11.3 Å². The summed E-state index contributed by atoms with van der Waals surface area (Å²) in [5.41, 5.74) is 3.94. The van der Waals surface area contributed by atoms with Gasteiger partial charge < -0.3 is 10.6 Å². The normalized spacial score (nSPS) is 10.3. The van der Waals surface area contributed by atoms with Crippen molar-refractivity contribution in [2.24, 2.45) is 0 Å². The van der Waals surface area contributed by atoms with Crippen LogP contribution in [-0.2, 0) is 0 Å². The molecular formula is C22H17N5O. The van der Waals surface area contributed by atoms with Crippen LogP contribution >= 0.6 is 0 Å². The fourth-order valence-electron chi connectivity index (χ4n) is 2.66. The van der Waals surface area contributed by atoms with Gasteiger partial charge in [-0.2, -0.15) is 0 Å². The third-order valence-corrected chi connectivity index (χ3v) is 4.07. The van der Waals surface area contributed by atoms with Gasteiger partial charge in [0.05, 0.1) is 5.69 Å². The number of anilines is 3. The molecule has 0 radical (unpaired) electrons. The van der Waals surface area contributed by atoms with Crippen LogP contribution in [0, 0.1) is 0 Å². The van der Waals surface area contributed by atoms with Gasteiger partial charge in [0.15, 0.2) is 0 Å². The molecule has 0 atom stereocenters. The van der Waals surface area contributed by atoms with Crippen molar-refractivity contribution in [3.8, 4) is 11.3 Å². The topological polar surface area (TPSA) is 79.8 Å². The lowest BCUT2D eigenvalue weighted by Crippen LogP contribution is -2.11. The van der Waals surface area contributed by atoms with Crippen LogP contribution in [-0.4, -0.2) is 20.9 Å². The molecule has 28 heavy (non-hydrogen) atoms. The predicted molar refractivity (Wildman–Crippen MR) is 109 cm³/mol. The van der Waals surface area contributed by atoms with Crippen molar-refractivity contribution in [2.45, 2.75) is 0 Å². The summed E-state index contributed by atoms with van der Waals surface area (Å²) in [6, 6.07) is 22.1. The second-order valence-electron chi connectivity index (χ2n) is 6.02. The van der Waals surface area contributed by atoms with Crippen molar-refractivity contribution in [3.63, 3.8) is 0 Å². The Morgan fingerprint density at radius 2 is 1.46 bits per heavy atom. The van der Waals surface area contributed by atoms with Crippen LogP contribution in [0.4, 0.5) is 17.3 Å². The van der Waals surface area contributed by atoms with Gasteiger partial charge in [0, 0.05) is 41.1 Å². The number of hydrogen-bond acceptors (Lipinski definition) is 5. The van der Waals surface area contributed by atoms with E-state index in [-0.39, 0.29) is 5.91 Å². The van der Waals surface area contributed by atoms with E-state index in [1.54, 1.807) is 30.7 Å². The molecule has 2 aromatic carbocycles. The van der Waals surface area contributed by atoms with Gasteiger partial charge in [-0.25, -0.2) is 9.97 Å². The number of carbonyl (C=O) groups excluding carboxylic acids is 1. The Morgan fingerprint density at radius 1 is 0.750 bits per heavy atom. The zero-order chi connectivity index (χ0) is 19.2. The Morgan fingerprint density at radius 3 is 2.21 bits per heavy atom. The number of aromatic nitrogens is 3. The molecule has 0 saturated heterocycles. The Bertz CT molecular complexity index is 1070. The molecule has 4 aromatic rings. The molecule has 6 nitrogen and oxygen atoms in total. The highest BCUT2D eigenvalue weighted by atomic mass is 16.1. The highest BCUT2D eigenvalue weighted by molar-refractivity contribution is 6.04. The molecule has 0 bridgehead atoms. The van der Waals surface area contributed by atoms with E-state index >= 15 is 0 Å². The maximum atomic E-state index is 12.2. The predicted octanol–water partition coefficient (Wildman–Crippen LogP) is 4.53. The quantitative estimate of drug-likeness (QED) is 0.541. The molecule has 4 rings (SSSR count). The van der Waals surface area contributed by atoms with Crippen LogP contribution in [0.1, 0.15) is 10.4 Å². The first kappa shape index (κ1) is 17.4. The number of nitrogens with one attached hydrogen (secondary N) is 2. The molecular weight excluding hydrogens is 350 g/mol. The summed E-state index contributed by atoms with van der Waals surface area (Å²) in [5.74, 6) is 0.352. The van der Waals surface area contributed by atoms with Crippen molar-refractivity contribution in [3.05, 3.63) is 97.0 Å². The van der Waals surface area contributed by atoms with E-state index in [4.69, 9.17) is 0 Å². The molecule has 1 amide bonds. The van der Waals surface area contributed by atoms with E-state index in [1.807, 2.05) is 60.7 Å². The summed E-state index contributed by atoms with van der Waals surface area (Å²) in [6.45, 7) is 0. The number of nitrogens with zero attached hydrogens (tertiary/aromatic N) is 3. The monoisotopic (exact) mass is 367 g/mol. The largest absolute Gasteiger partial charge is 0.324 e. The van der Waals surface area contributed by atoms with Gasteiger partial charge in [-0.15, -0.1) is 0 Å². The lowest BCUT2D eigenvalue weighted by Gasteiger charge is -2.09. The minimum atomic E-state index is -0.144. The minimum absolute atomic E-state index is 0.144. The number of pyridine rings is 1. The molecule has 0 fully saturated rings. The summed E-state index contributed by atoms with van der Waals surface area (Å²) in [5, 5.41) is 6.05. The third-order valence-electron chi connectivity index (χ3n) is 4.07. The lowest BCUT2D eigenvalue weighted by molar-refractivity contribution is 0.102. The summed E-state index contributed by atoms with van der Waals surface area (Å²) >= 11 is 0. The second-order valence-corrected chi connectivity index (χ2v) is 6.02. The molecule has 0 aliphatic rings. The molecule has 2 aromatic heterocycles. The summed E-state index contributed by atoms with van der Waals surface area (Å²) < 4.78 is 0. The number of carbonyl (C=O) groups is 1. The smallest absolute Gasteiger partial charge is 0.255 e. The third kappa shape index (κ3) is 4.19. The molecule has 0 spiro atoms. The average molecular weight is 367 g/mol. The zero-order valence-corrected chi connectivity index (χ0v) is 14.9. The number of amides is 1. The van der Waals surface area contributed by atoms with E-state index in [1.165, 1.54) is 0 Å². The number of benzene rings is 2. The van der Waals surface area contributed by atoms with E-state index in [2.05, 4.69) is 25.6 Å². The van der Waals surface area contributed by atoms with Gasteiger partial charge in [-0.05, 0) is 54.6 Å². The maximum Gasteiger partial charge on any atom is 0.255 e. The first-order valence-corrected chi connectivity index (χ1v) is 8.75. The fourth-order valence-corrected chi connectivity index (χ4v) is 2.66. The van der Waals surface area contributed by atoms with Gasteiger partial charge >= 0.3 is 0 Å². The molecule has 0 saturated carbocycles. The summed E-state index contributed by atoms with van der Waals surface area (Å²) in [4.78, 5) is 25.0. The van der Waals surface area contributed by atoms with Crippen molar-refractivity contribution in [1.29, 1.82) is 0 Å². The Balaban J connectivity index is 1.44. The van der Waals surface area contributed by atoms with Crippen molar-refractivity contribution < 1.29 is 4.79 Å². The molecule has 0 aliphatic carbocycles. The van der Waals surface area contributed by atoms with Gasteiger partial charge in [0.2, 0.25) is 5.95 Å². The van der Waals surface area contributed by atoms with Crippen LogP contribution in [0.3, 0.4) is 0 Å². The van der Waals surface area contributed by atoms with Crippen molar-refractivity contribution in [2.75, 3.05) is 10.6 Å². The molecule has 136 valence electrons. The Kier molecular flexibility index (Phi) is 5.02. The van der Waals surface area contributed by atoms with Crippen LogP contribution in [0.15, 0.2) is 91.4 Å². The van der Waals surface area contributed by atoms with Gasteiger partial charge in [0.25, 0.3) is 5.91 Å². The first-order chi connectivity index (χ1) is 13.8. The Hall–Kier alpha value is -4.06. The highest BCUT2D eigenvalue weighted by Crippen LogP contribution is 2.20. The van der Waals surface area contributed by atoms with E-state index in [0.29, 0.717) is 17.2 Å². The highest BCUT2D eigenvalue weighted by Gasteiger charge is 2.06. The zero-order valence-electron chi connectivity index (χ0n) is 14.9. The van der Waals surface area contributed by atoms with E-state index in [0.717, 1.165) is 16.9 Å². The van der Waals surface area contributed by atoms with Crippen LogP contribution < -0.4 is 10.6 Å². The lowest BCUT2D eigenvalue weighted by atomic mass is 10.2. The standard InChI is InChI=1S/C22H17N5O/c28-21(17-4-2-1-3-5-17)25-18-6-8-19(9-7-18)26-22-24-15-12-20(27-22)16-10-13-23-14-11-16/h1-15H,(H,25,28)(H,24,26,27). The van der Waals surface area contributed by atoms with E-state index in [9.17, 15) is 4.79 Å². The number of hydrogen-bond donors (Lipinski definition) is 2. The minimum Gasteiger partial charge on any atom is -0.324 e. The van der Waals surface area contributed by atoms with Crippen LogP contribution in [0.2, 0.25) is 0 Å². The SMILES string of the molecule is O=C(Nc1ccc(Nc2nccc(-c3ccncc3)n2)cc1)c1ccccc1. The Labute approximate surface area is 162 Å². The van der Waals surface area contributed by atoms with Gasteiger partial charge in [-0.1, -0.05) is 18.2 Å². The molecule has 2 N–H and O–H groups in total. The van der Waals surface area contributed by atoms with Crippen molar-refractivity contribution in [1.82, 2.24) is 15.0 Å². The van der Waals surface area contributed by atoms with Crippen molar-refractivity contribution >= 4 is 23.2 Å². The number of rotatable bonds is 5. The fraction of sp³-hybridized carbons (Fsp3) is 0. The first-order valence-electron chi connectivity index (χ1n) is 8.75. The summed E-state index contributed by atoms with van der Waals surface area (Å²) in [6.07, 6.45) is 5.17. The molecule has 2 heterocycles. The molecule has 0 unspecified atom stereocenters.